The van der Waals surface area contributed by atoms with Crippen LogP contribution in [0.15, 0.2) is 22.6 Å². The predicted octanol–water partition coefficient (Wildman–Crippen LogP) is 2.03. The number of fused-ring (bicyclic) bond motifs is 1. The first-order valence-electron chi connectivity index (χ1n) is 6.29. The van der Waals surface area contributed by atoms with Crippen LogP contribution in [0.1, 0.15) is 13.3 Å². The Morgan fingerprint density at radius 2 is 2.39 bits per heavy atom. The SMILES string of the molecule is CCC1CN(c2nc3c(N)cccc3o2)CCO1. The summed E-state index contributed by atoms with van der Waals surface area (Å²) in [6.07, 6.45) is 1.25. The van der Waals surface area contributed by atoms with Gasteiger partial charge in [0.25, 0.3) is 6.01 Å². The van der Waals surface area contributed by atoms with E-state index in [1.807, 2.05) is 18.2 Å². The molecule has 1 saturated heterocycles. The van der Waals surface area contributed by atoms with Crippen molar-refractivity contribution in [3.05, 3.63) is 18.2 Å². The van der Waals surface area contributed by atoms with Crippen molar-refractivity contribution in [1.82, 2.24) is 4.98 Å². The van der Waals surface area contributed by atoms with Gasteiger partial charge in [-0.3, -0.25) is 0 Å². The molecule has 2 N–H and O–H groups in total. The number of benzene rings is 1. The van der Waals surface area contributed by atoms with Crippen LogP contribution in [0, 0.1) is 0 Å². The standard InChI is InChI=1S/C13H17N3O2/c1-2-9-8-16(6-7-17-9)13-15-12-10(14)4-3-5-11(12)18-13/h3-5,9H,2,6-8,14H2,1H3. The lowest BCUT2D eigenvalue weighted by atomic mass is 10.2. The van der Waals surface area contributed by atoms with E-state index < -0.39 is 0 Å². The Morgan fingerprint density at radius 3 is 3.17 bits per heavy atom. The molecule has 1 atom stereocenters. The van der Waals surface area contributed by atoms with Crippen LogP contribution in [0.2, 0.25) is 0 Å². The molecular formula is C13H17N3O2. The van der Waals surface area contributed by atoms with Crippen molar-refractivity contribution in [3.63, 3.8) is 0 Å². The second-order valence-electron chi connectivity index (χ2n) is 4.54. The molecule has 0 aliphatic carbocycles. The Hall–Kier alpha value is -1.75. The Morgan fingerprint density at radius 1 is 1.50 bits per heavy atom. The van der Waals surface area contributed by atoms with Gasteiger partial charge in [0.15, 0.2) is 5.58 Å². The summed E-state index contributed by atoms with van der Waals surface area (Å²) in [4.78, 5) is 6.61. The molecule has 0 radical (unpaired) electrons. The molecule has 18 heavy (non-hydrogen) atoms. The highest BCUT2D eigenvalue weighted by atomic mass is 16.5. The van der Waals surface area contributed by atoms with Gasteiger partial charge < -0.3 is 19.8 Å². The Balaban J connectivity index is 1.92. The molecule has 0 saturated carbocycles. The van der Waals surface area contributed by atoms with Crippen molar-refractivity contribution in [1.29, 1.82) is 0 Å². The molecule has 0 amide bonds. The van der Waals surface area contributed by atoms with Gasteiger partial charge in [0.2, 0.25) is 0 Å². The third kappa shape index (κ3) is 1.90. The van der Waals surface area contributed by atoms with Crippen LogP contribution in [0.5, 0.6) is 0 Å². The summed E-state index contributed by atoms with van der Waals surface area (Å²) >= 11 is 0. The number of ether oxygens (including phenoxy) is 1. The third-order valence-corrected chi connectivity index (χ3v) is 3.30. The van der Waals surface area contributed by atoms with Crippen LogP contribution in [0.3, 0.4) is 0 Å². The maximum atomic E-state index is 5.89. The number of para-hydroxylation sites is 1. The van der Waals surface area contributed by atoms with E-state index in [-0.39, 0.29) is 6.10 Å². The first kappa shape index (κ1) is 11.3. The zero-order valence-corrected chi connectivity index (χ0v) is 10.4. The van der Waals surface area contributed by atoms with E-state index >= 15 is 0 Å². The quantitative estimate of drug-likeness (QED) is 0.822. The van der Waals surface area contributed by atoms with Gasteiger partial charge >= 0.3 is 0 Å². The Labute approximate surface area is 106 Å². The van der Waals surface area contributed by atoms with Gasteiger partial charge in [0, 0.05) is 13.1 Å². The molecule has 3 rings (SSSR count). The van der Waals surface area contributed by atoms with Crippen molar-refractivity contribution in [2.24, 2.45) is 0 Å². The number of aromatic nitrogens is 1. The summed E-state index contributed by atoms with van der Waals surface area (Å²) in [6, 6.07) is 6.24. The maximum Gasteiger partial charge on any atom is 0.298 e. The molecule has 96 valence electrons. The van der Waals surface area contributed by atoms with E-state index in [2.05, 4.69) is 16.8 Å². The largest absolute Gasteiger partial charge is 0.423 e. The van der Waals surface area contributed by atoms with Crippen molar-refractivity contribution < 1.29 is 9.15 Å². The normalized spacial score (nSPS) is 20.5. The fraction of sp³-hybridized carbons (Fsp3) is 0.462. The fourth-order valence-corrected chi connectivity index (χ4v) is 2.23. The van der Waals surface area contributed by atoms with Crippen LogP contribution in [0.4, 0.5) is 11.7 Å². The molecule has 5 nitrogen and oxygen atoms in total. The summed E-state index contributed by atoms with van der Waals surface area (Å²) in [6.45, 7) is 4.47. The molecule has 0 bridgehead atoms. The van der Waals surface area contributed by atoms with Crippen LogP contribution >= 0.6 is 0 Å². The minimum Gasteiger partial charge on any atom is -0.423 e. The van der Waals surface area contributed by atoms with E-state index in [0.29, 0.717) is 18.3 Å². The molecule has 5 heteroatoms. The summed E-state index contributed by atoms with van der Waals surface area (Å²) in [7, 11) is 0. The Bertz CT molecular complexity index is 552. The smallest absolute Gasteiger partial charge is 0.298 e. The fourth-order valence-electron chi connectivity index (χ4n) is 2.23. The lowest BCUT2D eigenvalue weighted by Gasteiger charge is -2.31. The zero-order chi connectivity index (χ0) is 12.5. The number of nitrogen functional groups attached to an aromatic ring is 1. The topological polar surface area (TPSA) is 64.5 Å². The average Bonchev–Trinajstić information content (AvgIpc) is 2.84. The summed E-state index contributed by atoms with van der Waals surface area (Å²) < 4.78 is 11.4. The number of rotatable bonds is 2. The predicted molar refractivity (Wildman–Crippen MR) is 70.7 cm³/mol. The van der Waals surface area contributed by atoms with E-state index in [4.69, 9.17) is 14.9 Å². The number of hydrogen-bond acceptors (Lipinski definition) is 5. The minimum absolute atomic E-state index is 0.256. The average molecular weight is 247 g/mol. The number of hydrogen-bond donors (Lipinski definition) is 1. The number of morpholine rings is 1. The second kappa shape index (κ2) is 4.49. The van der Waals surface area contributed by atoms with Crippen molar-refractivity contribution in [2.45, 2.75) is 19.4 Å². The molecule has 1 aromatic carbocycles. The number of anilines is 2. The van der Waals surface area contributed by atoms with Gasteiger partial charge in [-0.2, -0.15) is 4.98 Å². The molecule has 1 unspecified atom stereocenters. The monoisotopic (exact) mass is 247 g/mol. The lowest BCUT2D eigenvalue weighted by Crippen LogP contribution is -2.42. The number of oxazole rings is 1. The van der Waals surface area contributed by atoms with Crippen LogP contribution in [-0.2, 0) is 4.74 Å². The van der Waals surface area contributed by atoms with Crippen LogP contribution in [-0.4, -0.2) is 30.8 Å². The Kier molecular flexibility index (Phi) is 2.83. The van der Waals surface area contributed by atoms with Crippen LogP contribution < -0.4 is 10.6 Å². The van der Waals surface area contributed by atoms with Gasteiger partial charge in [-0.15, -0.1) is 0 Å². The third-order valence-electron chi connectivity index (χ3n) is 3.30. The van der Waals surface area contributed by atoms with Gasteiger partial charge in [-0.1, -0.05) is 13.0 Å². The first-order valence-corrected chi connectivity index (χ1v) is 6.29. The summed E-state index contributed by atoms with van der Waals surface area (Å²) in [5.74, 6) is 0. The van der Waals surface area contributed by atoms with E-state index in [0.717, 1.165) is 30.6 Å². The molecule has 1 aliphatic rings. The van der Waals surface area contributed by atoms with Gasteiger partial charge in [0.1, 0.15) is 5.52 Å². The van der Waals surface area contributed by atoms with Crippen LogP contribution in [0.25, 0.3) is 11.1 Å². The first-order chi connectivity index (χ1) is 8.78. The van der Waals surface area contributed by atoms with Gasteiger partial charge in [-0.25, -0.2) is 0 Å². The maximum absolute atomic E-state index is 5.89. The molecule has 1 aliphatic heterocycles. The molecule has 1 fully saturated rings. The van der Waals surface area contributed by atoms with E-state index in [1.165, 1.54) is 0 Å². The van der Waals surface area contributed by atoms with E-state index in [9.17, 15) is 0 Å². The summed E-state index contributed by atoms with van der Waals surface area (Å²) in [5.41, 5.74) is 8.03. The lowest BCUT2D eigenvalue weighted by molar-refractivity contribution is 0.0368. The molecule has 0 spiro atoms. The summed E-state index contributed by atoms with van der Waals surface area (Å²) in [5, 5.41) is 0. The highest BCUT2D eigenvalue weighted by Crippen LogP contribution is 2.27. The van der Waals surface area contributed by atoms with Crippen molar-refractivity contribution in [3.8, 4) is 0 Å². The molecule has 1 aromatic heterocycles. The highest BCUT2D eigenvalue weighted by Gasteiger charge is 2.23. The highest BCUT2D eigenvalue weighted by molar-refractivity contribution is 5.86. The second-order valence-corrected chi connectivity index (χ2v) is 4.54. The van der Waals surface area contributed by atoms with Crippen molar-refractivity contribution in [2.75, 3.05) is 30.3 Å². The number of nitrogens with zero attached hydrogens (tertiary/aromatic N) is 2. The molecular weight excluding hydrogens is 230 g/mol. The molecule has 2 heterocycles. The van der Waals surface area contributed by atoms with Gasteiger partial charge in [-0.05, 0) is 18.6 Å². The van der Waals surface area contributed by atoms with Crippen molar-refractivity contribution >= 4 is 22.8 Å². The zero-order valence-electron chi connectivity index (χ0n) is 10.4. The molecule has 2 aromatic rings. The minimum atomic E-state index is 0.256. The van der Waals surface area contributed by atoms with Gasteiger partial charge in [0.05, 0.1) is 18.4 Å². The van der Waals surface area contributed by atoms with E-state index in [1.54, 1.807) is 0 Å². The number of nitrogens with two attached hydrogens (primary N) is 1.